The number of halogens is 3. The minimum atomic E-state index is -1.50. The highest BCUT2D eigenvalue weighted by atomic mass is 19.2. The van der Waals surface area contributed by atoms with Gasteiger partial charge in [0.2, 0.25) is 0 Å². The summed E-state index contributed by atoms with van der Waals surface area (Å²) in [7, 11) is 3.20. The minimum absolute atomic E-state index is 0.180. The Morgan fingerprint density at radius 2 is 1.85 bits per heavy atom. The number of ether oxygens (including phenoxy) is 1. The molecule has 0 aliphatic carbocycles. The second-order valence-corrected chi connectivity index (χ2v) is 8.07. The first-order chi connectivity index (χ1) is 15.8. The van der Waals surface area contributed by atoms with Gasteiger partial charge in [0.1, 0.15) is 11.4 Å². The van der Waals surface area contributed by atoms with Crippen molar-refractivity contribution in [2.45, 2.75) is 45.2 Å². The fraction of sp³-hybridized carbons (Fsp3) is 0.375. The van der Waals surface area contributed by atoms with E-state index in [0.717, 1.165) is 17.7 Å². The summed E-state index contributed by atoms with van der Waals surface area (Å²) < 4.78 is 48.3. The molecule has 33 heavy (non-hydrogen) atoms. The molecule has 0 saturated carbocycles. The molecule has 4 rings (SSSR count). The van der Waals surface area contributed by atoms with Crippen molar-refractivity contribution in [3.05, 3.63) is 64.9 Å². The molecule has 1 aromatic carbocycles. The maximum atomic E-state index is 14.0. The summed E-state index contributed by atoms with van der Waals surface area (Å²) in [6.45, 7) is 3.94. The fourth-order valence-corrected chi connectivity index (χ4v) is 4.66. The van der Waals surface area contributed by atoms with Crippen LogP contribution >= 0.6 is 0 Å². The molecular weight excluding hydrogens is 433 g/mol. The normalized spacial score (nSPS) is 17.7. The number of benzene rings is 1. The summed E-state index contributed by atoms with van der Waals surface area (Å²) in [6, 6.07) is 4.71. The van der Waals surface area contributed by atoms with Gasteiger partial charge in [-0.1, -0.05) is 13.8 Å². The van der Waals surface area contributed by atoms with Gasteiger partial charge in [0.05, 0.1) is 24.5 Å². The molecule has 2 aromatic heterocycles. The van der Waals surface area contributed by atoms with Crippen LogP contribution in [0.1, 0.15) is 54.5 Å². The molecule has 1 aliphatic heterocycles. The van der Waals surface area contributed by atoms with E-state index in [-0.39, 0.29) is 29.2 Å². The van der Waals surface area contributed by atoms with E-state index < -0.39 is 17.5 Å². The van der Waals surface area contributed by atoms with Crippen LogP contribution < -0.4 is 4.74 Å². The van der Waals surface area contributed by atoms with E-state index >= 15 is 0 Å². The molecule has 3 heterocycles. The molecule has 3 aromatic rings. The maximum absolute atomic E-state index is 14.0. The lowest BCUT2D eigenvalue weighted by atomic mass is 9.87. The molecule has 0 fully saturated rings. The van der Waals surface area contributed by atoms with Gasteiger partial charge < -0.3 is 9.64 Å². The van der Waals surface area contributed by atoms with Crippen molar-refractivity contribution in [1.82, 2.24) is 19.7 Å². The van der Waals surface area contributed by atoms with Crippen LogP contribution in [0.25, 0.3) is 11.3 Å². The van der Waals surface area contributed by atoms with Gasteiger partial charge in [-0.25, -0.2) is 13.2 Å². The topological polar surface area (TPSA) is 60.2 Å². The second kappa shape index (κ2) is 8.88. The standard InChI is InChI=1S/C24H25F3N4O2/c1-5-14-11-16-22(29-30(3)23(16)13-9-17(25)21(27)18(26)10-13)20(6-2)31(14)24(32)19-12-15(33-4)7-8-28-19/h7-10,12,14,20H,5-6,11H2,1-4H3. The highest BCUT2D eigenvalue weighted by Gasteiger charge is 2.40. The van der Waals surface area contributed by atoms with Crippen molar-refractivity contribution >= 4 is 5.91 Å². The van der Waals surface area contributed by atoms with E-state index in [2.05, 4.69) is 10.1 Å². The molecule has 6 nitrogen and oxygen atoms in total. The number of aromatic nitrogens is 3. The fourth-order valence-electron chi connectivity index (χ4n) is 4.66. The monoisotopic (exact) mass is 458 g/mol. The van der Waals surface area contributed by atoms with Gasteiger partial charge in [-0.05, 0) is 37.5 Å². The van der Waals surface area contributed by atoms with Crippen molar-refractivity contribution in [1.29, 1.82) is 0 Å². The van der Waals surface area contributed by atoms with Crippen LogP contribution in [0.4, 0.5) is 13.2 Å². The molecule has 2 unspecified atom stereocenters. The number of nitrogens with zero attached hydrogens (tertiary/aromatic N) is 4. The molecule has 2 atom stereocenters. The minimum Gasteiger partial charge on any atom is -0.497 e. The Morgan fingerprint density at radius 1 is 1.15 bits per heavy atom. The van der Waals surface area contributed by atoms with Crippen molar-refractivity contribution in [2.75, 3.05) is 7.11 Å². The predicted octanol–water partition coefficient (Wildman–Crippen LogP) is 4.84. The highest BCUT2D eigenvalue weighted by Crippen LogP contribution is 2.41. The number of methoxy groups -OCH3 is 1. The van der Waals surface area contributed by atoms with Crippen LogP contribution in [0.15, 0.2) is 30.5 Å². The van der Waals surface area contributed by atoms with Gasteiger partial charge in [0.25, 0.3) is 5.91 Å². The molecule has 9 heteroatoms. The zero-order chi connectivity index (χ0) is 23.9. The summed E-state index contributed by atoms with van der Waals surface area (Å²) in [6.07, 6.45) is 3.22. The first-order valence-corrected chi connectivity index (χ1v) is 10.8. The third kappa shape index (κ3) is 3.85. The summed E-state index contributed by atoms with van der Waals surface area (Å²) >= 11 is 0. The molecule has 0 radical (unpaired) electrons. The number of aryl methyl sites for hydroxylation is 1. The number of carbonyl (C=O) groups is 1. The second-order valence-electron chi connectivity index (χ2n) is 8.07. The van der Waals surface area contributed by atoms with Gasteiger partial charge in [-0.15, -0.1) is 0 Å². The van der Waals surface area contributed by atoms with Crippen molar-refractivity contribution in [2.24, 2.45) is 7.05 Å². The summed E-state index contributed by atoms with van der Waals surface area (Å²) in [5.41, 5.74) is 2.48. The van der Waals surface area contributed by atoms with E-state index in [1.165, 1.54) is 13.3 Å². The highest BCUT2D eigenvalue weighted by molar-refractivity contribution is 5.93. The molecule has 1 amide bonds. The molecule has 0 bridgehead atoms. The van der Waals surface area contributed by atoms with Gasteiger partial charge in [-0.3, -0.25) is 14.5 Å². The molecule has 0 spiro atoms. The Balaban J connectivity index is 1.82. The van der Waals surface area contributed by atoms with Crippen molar-refractivity contribution in [3.8, 4) is 17.0 Å². The molecule has 174 valence electrons. The SMILES string of the molecule is CCC1Cc2c(nn(C)c2-c2cc(F)c(F)c(F)c2)C(CC)N1C(=O)c1cc(OC)ccn1. The van der Waals surface area contributed by atoms with Crippen molar-refractivity contribution < 1.29 is 22.7 Å². The zero-order valence-electron chi connectivity index (χ0n) is 18.9. The van der Waals surface area contributed by atoms with E-state index in [0.29, 0.717) is 36.4 Å². The Bertz CT molecular complexity index is 1190. The summed E-state index contributed by atoms with van der Waals surface area (Å²) in [5.74, 6) is -3.71. The van der Waals surface area contributed by atoms with Gasteiger partial charge in [0.15, 0.2) is 17.5 Å². The number of rotatable bonds is 5. The quantitative estimate of drug-likeness (QED) is 0.514. The van der Waals surface area contributed by atoms with Crippen LogP contribution in [0.2, 0.25) is 0 Å². The van der Waals surface area contributed by atoms with Crippen molar-refractivity contribution in [3.63, 3.8) is 0 Å². The predicted molar refractivity (Wildman–Crippen MR) is 116 cm³/mol. The Hall–Kier alpha value is -3.36. The lowest BCUT2D eigenvalue weighted by molar-refractivity contribution is 0.0506. The van der Waals surface area contributed by atoms with E-state index in [1.807, 2.05) is 13.8 Å². The van der Waals surface area contributed by atoms with Crippen LogP contribution in [0.3, 0.4) is 0 Å². The number of hydrogen-bond acceptors (Lipinski definition) is 4. The average Bonchev–Trinajstić information content (AvgIpc) is 3.15. The first kappa shape index (κ1) is 22.8. The zero-order valence-corrected chi connectivity index (χ0v) is 18.9. The molecule has 0 saturated heterocycles. The Labute approximate surface area is 190 Å². The van der Waals surface area contributed by atoms with Crippen LogP contribution in [-0.4, -0.2) is 38.7 Å². The number of fused-ring (bicyclic) bond motifs is 1. The Kier molecular flexibility index (Phi) is 6.14. The molecule has 1 aliphatic rings. The maximum Gasteiger partial charge on any atom is 0.273 e. The number of pyridine rings is 1. The summed E-state index contributed by atoms with van der Waals surface area (Å²) in [4.78, 5) is 19.6. The van der Waals surface area contributed by atoms with Crippen LogP contribution in [0, 0.1) is 17.5 Å². The van der Waals surface area contributed by atoms with Crippen LogP contribution in [0.5, 0.6) is 5.75 Å². The smallest absolute Gasteiger partial charge is 0.273 e. The number of hydrogen-bond donors (Lipinski definition) is 0. The largest absolute Gasteiger partial charge is 0.497 e. The van der Waals surface area contributed by atoms with Gasteiger partial charge >= 0.3 is 0 Å². The van der Waals surface area contributed by atoms with E-state index in [1.54, 1.807) is 28.8 Å². The van der Waals surface area contributed by atoms with Crippen LogP contribution in [-0.2, 0) is 13.5 Å². The summed E-state index contributed by atoms with van der Waals surface area (Å²) in [5, 5.41) is 4.63. The molecular formula is C24H25F3N4O2. The van der Waals surface area contributed by atoms with E-state index in [4.69, 9.17) is 4.74 Å². The Morgan fingerprint density at radius 3 is 2.45 bits per heavy atom. The lowest BCUT2D eigenvalue weighted by Crippen LogP contribution is -2.47. The third-order valence-corrected chi connectivity index (χ3v) is 6.20. The number of amides is 1. The molecule has 0 N–H and O–H groups in total. The third-order valence-electron chi connectivity index (χ3n) is 6.20. The number of carbonyl (C=O) groups excluding carboxylic acids is 1. The first-order valence-electron chi connectivity index (χ1n) is 10.8. The average molecular weight is 458 g/mol. The van der Waals surface area contributed by atoms with E-state index in [9.17, 15) is 18.0 Å². The van der Waals surface area contributed by atoms with Gasteiger partial charge in [0, 0.05) is 36.5 Å². The van der Waals surface area contributed by atoms with Gasteiger partial charge in [-0.2, -0.15) is 5.10 Å². The lowest BCUT2D eigenvalue weighted by Gasteiger charge is -2.41.